The number of imide groups is 1. The molecule has 5 aromatic rings. The first-order valence-electron chi connectivity index (χ1n) is 19.5. The maximum Gasteiger partial charge on any atom is 0.329 e. The van der Waals surface area contributed by atoms with Crippen LogP contribution < -0.4 is 21.2 Å². The highest BCUT2D eigenvalue weighted by Crippen LogP contribution is 2.36. The number of likely N-dealkylation sites (tertiary alicyclic amines) is 1. The van der Waals surface area contributed by atoms with Crippen LogP contribution in [-0.2, 0) is 23.1 Å². The Bertz CT molecular complexity index is 2380. The van der Waals surface area contributed by atoms with Gasteiger partial charge in [-0.3, -0.25) is 33.8 Å². The molecule has 0 bridgehead atoms. The Kier molecular flexibility index (Phi) is 9.12. The van der Waals surface area contributed by atoms with Crippen LogP contribution in [0.15, 0.2) is 65.6 Å². The second-order valence-electron chi connectivity index (χ2n) is 15.6. The Morgan fingerprint density at radius 2 is 1.69 bits per heavy atom. The minimum Gasteiger partial charge on any atom is -0.371 e. The van der Waals surface area contributed by atoms with Gasteiger partial charge < -0.3 is 20.1 Å². The summed E-state index contributed by atoms with van der Waals surface area (Å²) < 4.78 is 18.9. The smallest absolute Gasteiger partial charge is 0.329 e. The number of rotatable bonds is 7. The van der Waals surface area contributed by atoms with Gasteiger partial charge in [-0.2, -0.15) is 0 Å². The second kappa shape index (κ2) is 14.3. The summed E-state index contributed by atoms with van der Waals surface area (Å²) in [4.78, 5) is 62.9. The summed E-state index contributed by atoms with van der Waals surface area (Å²) in [6, 6.07) is 16.3. The van der Waals surface area contributed by atoms with Crippen molar-refractivity contribution < 1.29 is 18.8 Å². The van der Waals surface area contributed by atoms with Gasteiger partial charge in [-0.1, -0.05) is 12.1 Å². The average molecular weight is 745 g/mol. The molecule has 0 spiro atoms. The Morgan fingerprint density at radius 1 is 0.873 bits per heavy atom. The number of carbonyl (C=O) groups excluding carboxylic acids is 3. The fourth-order valence-electron chi connectivity index (χ4n) is 9.30. The van der Waals surface area contributed by atoms with Crippen LogP contribution in [0, 0.1) is 11.7 Å². The number of halogens is 1. The first-order valence-corrected chi connectivity index (χ1v) is 19.5. The molecule has 4 aliphatic heterocycles. The topological polar surface area (TPSA) is 137 Å². The summed E-state index contributed by atoms with van der Waals surface area (Å²) in [6.45, 7) is 5.36. The molecule has 3 amide bonds. The van der Waals surface area contributed by atoms with E-state index in [-0.39, 0.29) is 29.7 Å². The van der Waals surface area contributed by atoms with E-state index in [2.05, 4.69) is 36.5 Å². The van der Waals surface area contributed by atoms with E-state index in [1.165, 1.54) is 0 Å². The number of aromatic amines is 1. The predicted octanol–water partition coefficient (Wildman–Crippen LogP) is 4.90. The van der Waals surface area contributed by atoms with Crippen LogP contribution >= 0.6 is 0 Å². The van der Waals surface area contributed by atoms with Gasteiger partial charge in [0, 0.05) is 80.5 Å². The number of aromatic nitrogens is 4. The summed E-state index contributed by atoms with van der Waals surface area (Å²) in [5.41, 5.74) is 7.67. The monoisotopic (exact) mass is 744 g/mol. The molecule has 2 aromatic carbocycles. The number of piperidine rings is 3. The zero-order valence-corrected chi connectivity index (χ0v) is 30.9. The number of fused-ring (bicyclic) bond motifs is 2. The van der Waals surface area contributed by atoms with Crippen molar-refractivity contribution in [3.8, 4) is 22.5 Å². The molecule has 284 valence electrons. The van der Waals surface area contributed by atoms with Gasteiger partial charge in [0.15, 0.2) is 0 Å². The molecule has 1 unspecified atom stereocenters. The van der Waals surface area contributed by atoms with E-state index < -0.39 is 11.9 Å². The third-order valence-electron chi connectivity index (χ3n) is 12.3. The van der Waals surface area contributed by atoms with Crippen molar-refractivity contribution >= 4 is 34.4 Å². The fourth-order valence-corrected chi connectivity index (χ4v) is 9.30. The van der Waals surface area contributed by atoms with Crippen LogP contribution in [0.5, 0.6) is 0 Å². The normalized spacial score (nSPS) is 20.1. The van der Waals surface area contributed by atoms with Gasteiger partial charge in [0.05, 0.1) is 22.3 Å². The van der Waals surface area contributed by atoms with Crippen LogP contribution in [0.25, 0.3) is 33.5 Å². The van der Waals surface area contributed by atoms with Crippen LogP contribution in [0.3, 0.4) is 0 Å². The van der Waals surface area contributed by atoms with Gasteiger partial charge in [0.2, 0.25) is 11.8 Å². The van der Waals surface area contributed by atoms with E-state index >= 15 is 4.39 Å². The van der Waals surface area contributed by atoms with Crippen molar-refractivity contribution in [3.05, 3.63) is 93.9 Å². The molecule has 9 rings (SSSR count). The predicted molar refractivity (Wildman–Crippen MR) is 207 cm³/mol. The minimum absolute atomic E-state index is 0.0763. The van der Waals surface area contributed by atoms with Gasteiger partial charge in [0.25, 0.3) is 5.91 Å². The molecular weight excluding hydrogens is 700 g/mol. The average Bonchev–Trinajstić information content (AvgIpc) is 3.75. The van der Waals surface area contributed by atoms with Crippen molar-refractivity contribution in [1.29, 1.82) is 0 Å². The van der Waals surface area contributed by atoms with Crippen molar-refractivity contribution in [2.24, 2.45) is 13.0 Å². The largest absolute Gasteiger partial charge is 0.371 e. The number of anilines is 1. The number of para-hydroxylation sites is 1. The lowest BCUT2D eigenvalue weighted by Crippen LogP contribution is -2.44. The Morgan fingerprint density at radius 3 is 2.45 bits per heavy atom. The lowest BCUT2D eigenvalue weighted by molar-refractivity contribution is -0.135. The standard InChI is InChI=1S/C42H45FN8O4/c1-48-39-29(3-2-4-36(39)51(42(48)55)37-7-8-38(52)47-41(37)54)26-13-17-49(18-14-26)24-25-11-19-50(20-12-25)28-5-6-30(32(43)22-28)35-21-27(9-15-44-35)34-23-31-33(46-34)10-16-45-40(31)53/h2-6,9,15,21-23,25-26,37,46H,7-8,10-14,16-20,24H2,1H3,(H,45,53)(H,47,52,54). The van der Waals surface area contributed by atoms with Crippen molar-refractivity contribution in [2.75, 3.05) is 44.2 Å². The molecule has 13 heteroatoms. The molecular formula is C42H45FN8O4. The minimum atomic E-state index is -0.689. The van der Waals surface area contributed by atoms with Crippen molar-refractivity contribution in [2.45, 2.75) is 56.9 Å². The van der Waals surface area contributed by atoms with E-state index in [1.54, 1.807) is 28.4 Å². The summed E-state index contributed by atoms with van der Waals surface area (Å²) in [5, 5.41) is 5.27. The molecule has 3 N–H and O–H groups in total. The second-order valence-corrected chi connectivity index (χ2v) is 15.6. The fraction of sp³-hybridized carbons (Fsp3) is 0.405. The molecule has 1 atom stereocenters. The highest BCUT2D eigenvalue weighted by Gasteiger charge is 2.33. The van der Waals surface area contributed by atoms with Gasteiger partial charge in [-0.25, -0.2) is 9.18 Å². The molecule has 0 saturated carbocycles. The number of H-pyrrole nitrogens is 1. The van der Waals surface area contributed by atoms with E-state index in [1.807, 2.05) is 42.5 Å². The number of amides is 3. The first-order chi connectivity index (χ1) is 26.7. The van der Waals surface area contributed by atoms with Gasteiger partial charge in [-0.05, 0) is 105 Å². The zero-order valence-electron chi connectivity index (χ0n) is 30.9. The zero-order chi connectivity index (χ0) is 37.8. The number of hydrogen-bond acceptors (Lipinski definition) is 7. The Hall–Kier alpha value is -5.56. The maximum absolute atomic E-state index is 15.7. The van der Waals surface area contributed by atoms with Crippen molar-refractivity contribution in [1.82, 2.24) is 34.6 Å². The summed E-state index contributed by atoms with van der Waals surface area (Å²) >= 11 is 0. The Balaban J connectivity index is 0.807. The van der Waals surface area contributed by atoms with Gasteiger partial charge in [0.1, 0.15) is 11.9 Å². The van der Waals surface area contributed by atoms with E-state index in [4.69, 9.17) is 0 Å². The number of nitrogens with zero attached hydrogens (tertiary/aromatic N) is 5. The molecule has 55 heavy (non-hydrogen) atoms. The summed E-state index contributed by atoms with van der Waals surface area (Å²) in [5.74, 6) is -0.215. The molecule has 12 nitrogen and oxygen atoms in total. The number of nitrogens with one attached hydrogen (secondary N) is 3. The molecule has 3 fully saturated rings. The number of imidazole rings is 1. The SMILES string of the molecule is Cn1c(=O)n(C2CCC(=O)NC2=O)c2cccc(C3CCN(CC4CCN(c5ccc(-c6cc(-c7cc8c([nH]7)CCNC8=O)ccn6)c(F)c5)CC4)CC3)c21. The number of benzene rings is 2. The molecule has 3 saturated heterocycles. The lowest BCUT2D eigenvalue weighted by Gasteiger charge is -2.38. The van der Waals surface area contributed by atoms with Crippen molar-refractivity contribution in [3.63, 3.8) is 0 Å². The molecule has 0 radical (unpaired) electrons. The van der Waals surface area contributed by atoms with Gasteiger partial charge in [-0.15, -0.1) is 0 Å². The number of hydrogen-bond donors (Lipinski definition) is 3. The van der Waals surface area contributed by atoms with Gasteiger partial charge >= 0.3 is 5.69 Å². The third kappa shape index (κ3) is 6.53. The number of carbonyl (C=O) groups is 3. The van der Waals surface area contributed by atoms with E-state index in [0.29, 0.717) is 41.6 Å². The third-order valence-corrected chi connectivity index (χ3v) is 12.3. The first kappa shape index (κ1) is 35.2. The van der Waals surface area contributed by atoms with Crippen LogP contribution in [0.4, 0.5) is 10.1 Å². The lowest BCUT2D eigenvalue weighted by atomic mass is 9.87. The molecule has 4 aliphatic rings. The quantitative estimate of drug-likeness (QED) is 0.202. The summed E-state index contributed by atoms with van der Waals surface area (Å²) in [7, 11) is 1.77. The maximum atomic E-state index is 15.7. The number of aryl methyl sites for hydroxylation is 1. The molecule has 0 aliphatic carbocycles. The highest BCUT2D eigenvalue weighted by molar-refractivity contribution is 6.00. The summed E-state index contributed by atoms with van der Waals surface area (Å²) in [6.07, 6.45) is 7.03. The highest BCUT2D eigenvalue weighted by atomic mass is 19.1. The number of pyridine rings is 1. The van der Waals surface area contributed by atoms with E-state index in [0.717, 1.165) is 104 Å². The van der Waals surface area contributed by atoms with Crippen LogP contribution in [0.1, 0.15) is 72.1 Å². The molecule has 7 heterocycles. The Labute approximate surface area is 317 Å². The van der Waals surface area contributed by atoms with E-state index in [9.17, 15) is 19.2 Å². The van der Waals surface area contributed by atoms with Crippen LogP contribution in [0.2, 0.25) is 0 Å². The molecule has 3 aromatic heterocycles. The van der Waals surface area contributed by atoms with Crippen LogP contribution in [-0.4, -0.2) is 81.0 Å².